The second-order valence-corrected chi connectivity index (χ2v) is 3.39. The molecular formula is C12H12N2O4. The van der Waals surface area contributed by atoms with Crippen LogP contribution in [0.1, 0.15) is 15.9 Å². The fraction of sp³-hybridized carbons (Fsp3) is 0.250. The predicted molar refractivity (Wildman–Crippen MR) is 61.9 cm³/mol. The lowest BCUT2D eigenvalue weighted by Crippen LogP contribution is -2.27. The van der Waals surface area contributed by atoms with Crippen LogP contribution in [-0.4, -0.2) is 36.7 Å². The van der Waals surface area contributed by atoms with Gasteiger partial charge >= 0.3 is 5.97 Å². The summed E-state index contributed by atoms with van der Waals surface area (Å²) in [6.07, 6.45) is 0. The molecule has 1 amide bonds. The highest BCUT2D eigenvalue weighted by Gasteiger charge is 2.05. The van der Waals surface area contributed by atoms with Crippen molar-refractivity contribution in [2.24, 2.45) is 0 Å². The molecule has 0 aromatic heterocycles. The van der Waals surface area contributed by atoms with Crippen LogP contribution in [0.3, 0.4) is 0 Å². The first kappa shape index (κ1) is 13.7. The first-order chi connectivity index (χ1) is 8.63. The quantitative estimate of drug-likeness (QED) is 0.709. The van der Waals surface area contributed by atoms with E-state index in [2.05, 4.69) is 5.32 Å². The van der Waals surface area contributed by atoms with Gasteiger partial charge in [0.25, 0.3) is 5.91 Å². The lowest BCUT2D eigenvalue weighted by molar-refractivity contribution is -0.142. The van der Waals surface area contributed by atoms with Gasteiger partial charge < -0.3 is 15.2 Å². The summed E-state index contributed by atoms with van der Waals surface area (Å²) in [5, 5.41) is 19.6. The highest BCUT2D eigenvalue weighted by Crippen LogP contribution is 2.03. The number of nitrogens with one attached hydrogen (secondary N) is 1. The van der Waals surface area contributed by atoms with Crippen LogP contribution in [0.4, 0.5) is 0 Å². The SMILES string of the molecule is N#Cc1cccc(C(=O)NCCOCC(=O)O)c1. The Bertz CT molecular complexity index is 479. The van der Waals surface area contributed by atoms with E-state index in [1.54, 1.807) is 18.2 Å². The number of rotatable bonds is 6. The number of carbonyl (C=O) groups is 2. The maximum Gasteiger partial charge on any atom is 0.329 e. The summed E-state index contributed by atoms with van der Waals surface area (Å²) in [6, 6.07) is 8.24. The second-order valence-electron chi connectivity index (χ2n) is 3.39. The number of hydrogen-bond donors (Lipinski definition) is 2. The Morgan fingerprint density at radius 2 is 2.22 bits per heavy atom. The van der Waals surface area contributed by atoms with Gasteiger partial charge in [0.15, 0.2) is 0 Å². The summed E-state index contributed by atoms with van der Waals surface area (Å²) in [5.41, 5.74) is 0.789. The molecule has 0 unspecified atom stereocenters. The first-order valence-corrected chi connectivity index (χ1v) is 5.21. The van der Waals surface area contributed by atoms with E-state index in [0.717, 1.165) is 0 Å². The van der Waals surface area contributed by atoms with E-state index >= 15 is 0 Å². The molecule has 1 rings (SSSR count). The normalized spacial score (nSPS) is 9.50. The number of hydrogen-bond acceptors (Lipinski definition) is 4. The van der Waals surface area contributed by atoms with Crippen LogP contribution in [0, 0.1) is 11.3 Å². The van der Waals surface area contributed by atoms with E-state index in [1.807, 2.05) is 6.07 Å². The Morgan fingerprint density at radius 3 is 2.89 bits per heavy atom. The standard InChI is InChI=1S/C12H12N2O4/c13-7-9-2-1-3-10(6-9)12(17)14-4-5-18-8-11(15)16/h1-3,6H,4-5,8H2,(H,14,17)(H,15,16). The molecule has 2 N–H and O–H groups in total. The van der Waals surface area contributed by atoms with Gasteiger partial charge in [0.05, 0.1) is 18.2 Å². The molecule has 0 saturated heterocycles. The molecule has 18 heavy (non-hydrogen) atoms. The molecule has 0 aliphatic rings. The minimum Gasteiger partial charge on any atom is -0.480 e. The molecule has 6 nitrogen and oxygen atoms in total. The van der Waals surface area contributed by atoms with Crippen molar-refractivity contribution in [2.75, 3.05) is 19.8 Å². The van der Waals surface area contributed by atoms with Crippen LogP contribution in [0.5, 0.6) is 0 Å². The van der Waals surface area contributed by atoms with Crippen molar-refractivity contribution >= 4 is 11.9 Å². The van der Waals surface area contributed by atoms with Crippen molar-refractivity contribution in [3.8, 4) is 6.07 Å². The van der Waals surface area contributed by atoms with Gasteiger partial charge in [0, 0.05) is 12.1 Å². The third-order valence-corrected chi connectivity index (χ3v) is 2.01. The summed E-state index contributed by atoms with van der Waals surface area (Å²) in [6.45, 7) is -0.0569. The largest absolute Gasteiger partial charge is 0.480 e. The molecule has 6 heteroatoms. The van der Waals surface area contributed by atoms with Gasteiger partial charge in [-0.25, -0.2) is 4.79 Å². The Kier molecular flexibility index (Phi) is 5.35. The molecule has 1 aromatic carbocycles. The van der Waals surface area contributed by atoms with E-state index in [4.69, 9.17) is 15.1 Å². The van der Waals surface area contributed by atoms with E-state index in [9.17, 15) is 9.59 Å². The predicted octanol–water partition coefficient (Wildman–Crippen LogP) is 0.389. The molecule has 0 spiro atoms. The van der Waals surface area contributed by atoms with Crippen molar-refractivity contribution in [3.63, 3.8) is 0 Å². The van der Waals surface area contributed by atoms with E-state index < -0.39 is 5.97 Å². The maximum atomic E-state index is 11.6. The summed E-state index contributed by atoms with van der Waals surface area (Å²) >= 11 is 0. The van der Waals surface area contributed by atoms with Crippen molar-refractivity contribution in [3.05, 3.63) is 35.4 Å². The average Bonchev–Trinajstić information content (AvgIpc) is 2.37. The first-order valence-electron chi connectivity index (χ1n) is 5.21. The third kappa shape index (κ3) is 4.63. The molecule has 1 aromatic rings. The number of carboxylic acid groups (broad SMARTS) is 1. The fourth-order valence-electron chi connectivity index (χ4n) is 1.23. The summed E-state index contributed by atoms with van der Waals surface area (Å²) in [5.74, 6) is -1.38. The molecule has 0 fully saturated rings. The van der Waals surface area contributed by atoms with Crippen LogP contribution >= 0.6 is 0 Å². The van der Waals surface area contributed by atoms with Crippen LogP contribution in [-0.2, 0) is 9.53 Å². The zero-order chi connectivity index (χ0) is 13.4. The van der Waals surface area contributed by atoms with Crippen molar-refractivity contribution in [1.29, 1.82) is 5.26 Å². The number of nitriles is 1. The molecule has 0 saturated carbocycles. The van der Waals surface area contributed by atoms with Gasteiger partial charge in [-0.2, -0.15) is 5.26 Å². The van der Waals surface area contributed by atoms with Crippen LogP contribution in [0.2, 0.25) is 0 Å². The Hall–Kier alpha value is -2.39. The molecule has 94 valence electrons. The smallest absolute Gasteiger partial charge is 0.329 e. The zero-order valence-corrected chi connectivity index (χ0v) is 9.55. The van der Waals surface area contributed by atoms with E-state index in [0.29, 0.717) is 11.1 Å². The summed E-state index contributed by atoms with van der Waals surface area (Å²) < 4.78 is 4.76. The molecule has 0 aliphatic carbocycles. The third-order valence-electron chi connectivity index (χ3n) is 2.01. The maximum absolute atomic E-state index is 11.6. The fourth-order valence-corrected chi connectivity index (χ4v) is 1.23. The highest BCUT2D eigenvalue weighted by molar-refractivity contribution is 5.94. The number of nitrogens with zero attached hydrogens (tertiary/aromatic N) is 1. The lowest BCUT2D eigenvalue weighted by Gasteiger charge is -2.05. The average molecular weight is 248 g/mol. The topological polar surface area (TPSA) is 99.4 Å². The van der Waals surface area contributed by atoms with Crippen molar-refractivity contribution in [2.45, 2.75) is 0 Å². The lowest BCUT2D eigenvalue weighted by atomic mass is 10.1. The Morgan fingerprint density at radius 1 is 1.44 bits per heavy atom. The minimum atomic E-state index is -1.05. The molecule has 0 aliphatic heterocycles. The van der Waals surface area contributed by atoms with Gasteiger partial charge in [0.2, 0.25) is 0 Å². The number of carboxylic acids is 1. The molecule has 0 bridgehead atoms. The summed E-state index contributed by atoms with van der Waals surface area (Å²) in [7, 11) is 0. The molecular weight excluding hydrogens is 236 g/mol. The molecule has 0 radical (unpaired) electrons. The number of ether oxygens (including phenoxy) is 1. The number of aliphatic carboxylic acids is 1. The molecule has 0 atom stereocenters. The number of carbonyl (C=O) groups excluding carboxylic acids is 1. The zero-order valence-electron chi connectivity index (χ0n) is 9.55. The van der Waals surface area contributed by atoms with E-state index in [1.165, 1.54) is 6.07 Å². The Balaban J connectivity index is 2.36. The summed E-state index contributed by atoms with van der Waals surface area (Å²) in [4.78, 5) is 21.8. The van der Waals surface area contributed by atoms with Crippen LogP contribution in [0.25, 0.3) is 0 Å². The van der Waals surface area contributed by atoms with Gasteiger partial charge in [-0.1, -0.05) is 6.07 Å². The van der Waals surface area contributed by atoms with Crippen LogP contribution in [0.15, 0.2) is 24.3 Å². The minimum absolute atomic E-state index is 0.121. The second kappa shape index (κ2) is 7.04. The Labute approximate surface area is 104 Å². The van der Waals surface area contributed by atoms with Gasteiger partial charge in [-0.3, -0.25) is 4.79 Å². The van der Waals surface area contributed by atoms with Gasteiger partial charge in [-0.05, 0) is 18.2 Å². The van der Waals surface area contributed by atoms with Gasteiger partial charge in [0.1, 0.15) is 6.61 Å². The van der Waals surface area contributed by atoms with Crippen LogP contribution < -0.4 is 5.32 Å². The van der Waals surface area contributed by atoms with Crippen molar-refractivity contribution in [1.82, 2.24) is 5.32 Å². The highest BCUT2D eigenvalue weighted by atomic mass is 16.5. The van der Waals surface area contributed by atoms with Gasteiger partial charge in [-0.15, -0.1) is 0 Å². The monoisotopic (exact) mass is 248 g/mol. The number of benzene rings is 1. The number of amides is 1. The van der Waals surface area contributed by atoms with E-state index in [-0.39, 0.29) is 25.7 Å². The van der Waals surface area contributed by atoms with Crippen molar-refractivity contribution < 1.29 is 19.4 Å². The molecule has 0 heterocycles.